The molecule has 19 heteroatoms. The fourth-order valence-corrected chi connectivity index (χ4v) is 8.93. The average molecular weight is 974 g/mol. The lowest BCUT2D eigenvalue weighted by Gasteiger charge is -2.31. The highest BCUT2D eigenvalue weighted by Gasteiger charge is 2.37. The van der Waals surface area contributed by atoms with Crippen LogP contribution in [0.1, 0.15) is 106 Å². The number of benzene rings is 3. The number of carbonyl (C=O) groups is 6. The van der Waals surface area contributed by atoms with Crippen molar-refractivity contribution in [2.45, 2.75) is 123 Å². The van der Waals surface area contributed by atoms with Crippen molar-refractivity contribution < 1.29 is 56.1 Å². The van der Waals surface area contributed by atoms with Crippen LogP contribution in [-0.2, 0) is 64.4 Å². The number of thiophene rings is 1. The Hall–Kier alpha value is -6.60. The molecule has 364 valence electrons. The Morgan fingerprint density at radius 2 is 1.35 bits per heavy atom. The van der Waals surface area contributed by atoms with Crippen molar-refractivity contribution in [3.63, 3.8) is 0 Å². The van der Waals surface area contributed by atoms with Gasteiger partial charge in [0.15, 0.2) is 5.84 Å². The second-order valence-corrected chi connectivity index (χ2v) is 21.7. The summed E-state index contributed by atoms with van der Waals surface area (Å²) in [6, 6.07) is 20.6. The van der Waals surface area contributed by atoms with Gasteiger partial charge in [0.2, 0.25) is 5.91 Å². The highest BCUT2D eigenvalue weighted by atomic mass is 32.2. The van der Waals surface area contributed by atoms with Crippen molar-refractivity contribution in [2.75, 3.05) is 17.9 Å². The van der Waals surface area contributed by atoms with E-state index in [2.05, 4.69) is 15.0 Å². The number of aliphatic imine (C=N–C) groups is 1. The molecule has 1 aromatic heterocycles. The van der Waals surface area contributed by atoms with E-state index in [9.17, 15) is 37.2 Å². The van der Waals surface area contributed by atoms with Gasteiger partial charge in [-0.1, -0.05) is 42.5 Å². The van der Waals surface area contributed by atoms with Crippen LogP contribution in [0.2, 0.25) is 0 Å². The summed E-state index contributed by atoms with van der Waals surface area (Å²) in [5.74, 6) is -1.89. The van der Waals surface area contributed by atoms with Crippen molar-refractivity contribution in [1.29, 1.82) is 0 Å². The highest BCUT2D eigenvalue weighted by Crippen LogP contribution is 2.30. The van der Waals surface area contributed by atoms with Crippen LogP contribution in [0.4, 0.5) is 20.1 Å². The van der Waals surface area contributed by atoms with E-state index in [0.717, 1.165) is 15.3 Å². The Bertz CT molecular complexity index is 2600. The Labute approximate surface area is 401 Å². The zero-order valence-corrected chi connectivity index (χ0v) is 41.6. The SMILES string of the molecule is CCOC(=O)Cc1cc2c(s1)CCN(C(=O)C(Cc1ccc(NS(=O)(=O)c3ccccc3)cc1)NC(=O)c1ccc(C(=NC(=O)OC(C)(C)C)N(C(=O)OC(C)(C)C)C(=O)OC(C)(C)C)cc1)C2. The summed E-state index contributed by atoms with van der Waals surface area (Å²) in [5, 5.41) is 2.88. The number of amides is 5. The number of amidine groups is 1. The van der Waals surface area contributed by atoms with Crippen molar-refractivity contribution in [1.82, 2.24) is 15.1 Å². The van der Waals surface area contributed by atoms with Gasteiger partial charge in [-0.15, -0.1) is 11.3 Å². The minimum Gasteiger partial charge on any atom is -0.466 e. The number of hydrogen-bond acceptors (Lipinski definition) is 13. The van der Waals surface area contributed by atoms with Gasteiger partial charge in [0.25, 0.3) is 15.9 Å². The van der Waals surface area contributed by atoms with Gasteiger partial charge >= 0.3 is 24.2 Å². The summed E-state index contributed by atoms with van der Waals surface area (Å²) < 4.78 is 50.2. The minimum absolute atomic E-state index is 0.0168. The number of nitrogens with one attached hydrogen (secondary N) is 2. The molecule has 17 nitrogen and oxygen atoms in total. The number of nitrogens with zero attached hydrogens (tertiary/aromatic N) is 3. The van der Waals surface area contributed by atoms with Crippen LogP contribution in [0.3, 0.4) is 0 Å². The predicted octanol–water partition coefficient (Wildman–Crippen LogP) is 8.43. The van der Waals surface area contributed by atoms with Gasteiger partial charge in [-0.3, -0.25) is 19.1 Å². The average Bonchev–Trinajstić information content (AvgIpc) is 3.63. The van der Waals surface area contributed by atoms with E-state index >= 15 is 0 Å². The molecule has 2 N–H and O–H groups in total. The zero-order valence-electron chi connectivity index (χ0n) is 40.0. The second kappa shape index (κ2) is 21.6. The molecule has 1 aliphatic rings. The van der Waals surface area contributed by atoms with Gasteiger partial charge < -0.3 is 29.2 Å². The minimum atomic E-state index is -3.88. The summed E-state index contributed by atoms with van der Waals surface area (Å²) in [5.41, 5.74) is -1.28. The van der Waals surface area contributed by atoms with Crippen LogP contribution >= 0.6 is 11.3 Å². The van der Waals surface area contributed by atoms with Crippen LogP contribution in [0.5, 0.6) is 0 Å². The Balaban J connectivity index is 1.46. The summed E-state index contributed by atoms with van der Waals surface area (Å²) in [6.45, 7) is 17.0. The number of hydrogen-bond donors (Lipinski definition) is 2. The van der Waals surface area contributed by atoms with Gasteiger partial charge in [0.1, 0.15) is 22.8 Å². The third-order valence-electron chi connectivity index (χ3n) is 9.52. The summed E-state index contributed by atoms with van der Waals surface area (Å²) in [4.78, 5) is 89.6. The molecule has 68 heavy (non-hydrogen) atoms. The van der Waals surface area contributed by atoms with E-state index in [1.54, 1.807) is 117 Å². The molecule has 0 aliphatic carbocycles. The first-order valence-corrected chi connectivity index (χ1v) is 24.2. The molecular weight excluding hydrogens is 915 g/mol. The predicted molar refractivity (Wildman–Crippen MR) is 256 cm³/mol. The van der Waals surface area contributed by atoms with E-state index in [4.69, 9.17) is 18.9 Å². The number of sulfonamides is 1. The van der Waals surface area contributed by atoms with Crippen molar-refractivity contribution in [3.05, 3.63) is 117 Å². The van der Waals surface area contributed by atoms with Crippen LogP contribution in [-0.4, -0.2) is 96.1 Å². The molecule has 5 rings (SSSR count). The molecule has 0 fully saturated rings. The van der Waals surface area contributed by atoms with Crippen LogP contribution in [0, 0.1) is 0 Å². The molecule has 0 saturated heterocycles. The van der Waals surface area contributed by atoms with Gasteiger partial charge in [-0.2, -0.15) is 9.89 Å². The molecule has 1 aliphatic heterocycles. The third kappa shape index (κ3) is 15.2. The first kappa shape index (κ1) is 52.4. The molecule has 1 unspecified atom stereocenters. The fourth-order valence-electron chi connectivity index (χ4n) is 6.69. The van der Waals surface area contributed by atoms with E-state index in [-0.39, 0.29) is 59.6 Å². The molecule has 5 amide bonds. The van der Waals surface area contributed by atoms with Gasteiger partial charge in [-0.05, 0) is 129 Å². The maximum absolute atomic E-state index is 14.5. The molecule has 4 aromatic rings. The van der Waals surface area contributed by atoms with Gasteiger partial charge in [-0.25, -0.2) is 22.8 Å². The van der Waals surface area contributed by atoms with E-state index < -0.39 is 62.9 Å². The highest BCUT2D eigenvalue weighted by molar-refractivity contribution is 7.92. The molecule has 0 spiro atoms. The van der Waals surface area contributed by atoms with Crippen molar-refractivity contribution in [2.24, 2.45) is 4.99 Å². The lowest BCUT2D eigenvalue weighted by molar-refractivity contribution is -0.142. The Kier molecular flexibility index (Phi) is 16.6. The molecular formula is C49H59N5O12S2. The molecule has 0 radical (unpaired) electrons. The third-order valence-corrected chi connectivity index (χ3v) is 12.2. The molecule has 2 heterocycles. The maximum Gasteiger partial charge on any atom is 0.436 e. The van der Waals surface area contributed by atoms with E-state index in [0.29, 0.717) is 23.4 Å². The van der Waals surface area contributed by atoms with Gasteiger partial charge in [0.05, 0.1) is 17.9 Å². The molecule has 1 atom stereocenters. The lowest BCUT2D eigenvalue weighted by Crippen LogP contribution is -2.50. The van der Waals surface area contributed by atoms with Gasteiger partial charge in [0, 0.05) is 46.1 Å². The topological polar surface area (TPSA) is 216 Å². The molecule has 3 aromatic carbocycles. The zero-order chi connectivity index (χ0) is 50.2. The van der Waals surface area contributed by atoms with Crippen molar-refractivity contribution in [3.8, 4) is 0 Å². The number of ether oxygens (including phenoxy) is 4. The summed E-state index contributed by atoms with van der Waals surface area (Å²) in [6.07, 6.45) is -2.85. The van der Waals surface area contributed by atoms with Crippen LogP contribution in [0.15, 0.2) is 94.8 Å². The summed E-state index contributed by atoms with van der Waals surface area (Å²) in [7, 11) is -3.88. The van der Waals surface area contributed by atoms with Crippen LogP contribution in [0.25, 0.3) is 0 Å². The lowest BCUT2D eigenvalue weighted by atomic mass is 10.0. The van der Waals surface area contributed by atoms with Crippen molar-refractivity contribution >= 4 is 68.9 Å². The summed E-state index contributed by atoms with van der Waals surface area (Å²) >= 11 is 1.50. The first-order valence-electron chi connectivity index (χ1n) is 21.9. The Morgan fingerprint density at radius 1 is 0.779 bits per heavy atom. The number of esters is 1. The smallest absolute Gasteiger partial charge is 0.436 e. The maximum atomic E-state index is 14.5. The normalized spacial score (nSPS) is 13.6. The number of fused-ring (bicyclic) bond motifs is 1. The van der Waals surface area contributed by atoms with E-state index in [1.807, 2.05) is 6.07 Å². The monoisotopic (exact) mass is 973 g/mol. The van der Waals surface area contributed by atoms with E-state index in [1.165, 1.54) is 47.7 Å². The number of carbonyl (C=O) groups excluding carboxylic acids is 6. The molecule has 0 bridgehead atoms. The molecule has 0 saturated carbocycles. The second-order valence-electron chi connectivity index (χ2n) is 18.8. The number of rotatable bonds is 12. The number of anilines is 1. The first-order chi connectivity index (χ1) is 31.7. The standard InChI is InChI=1S/C49H59N5O12S2/c1-11-63-40(55)29-36-28-34-30-53(26-25-39(34)67-36)43(57)38(27-31-17-23-35(24-18-31)52-68(61,62)37-15-13-12-14-16-37)50-42(56)33-21-19-32(20-22-33)41(51-44(58)64-47(2,3)4)54(45(59)65-48(5,6)7)46(60)66-49(8,9)10/h12-24,28,38,52H,11,25-27,29-30H2,1-10H3,(H,50,56). The quantitative estimate of drug-likeness (QED) is 0.0592. The number of imide groups is 1. The fraction of sp³-hybridized carbons (Fsp3) is 0.408. The largest absolute Gasteiger partial charge is 0.466 e. The van der Waals surface area contributed by atoms with Crippen LogP contribution < -0.4 is 10.0 Å². The Morgan fingerprint density at radius 3 is 1.91 bits per heavy atom.